The average Bonchev–Trinajstić information content (AvgIpc) is 2.60. The lowest BCUT2D eigenvalue weighted by Gasteiger charge is -2.35. The first-order chi connectivity index (χ1) is 11.9. The van der Waals surface area contributed by atoms with Crippen molar-refractivity contribution in [1.82, 2.24) is 5.32 Å². The van der Waals surface area contributed by atoms with Gasteiger partial charge in [0.1, 0.15) is 12.0 Å². The second-order valence-corrected chi connectivity index (χ2v) is 6.87. The van der Waals surface area contributed by atoms with Crippen molar-refractivity contribution < 1.29 is 14.3 Å². The Bertz CT molecular complexity index is 848. The fourth-order valence-corrected chi connectivity index (χ4v) is 3.09. The van der Waals surface area contributed by atoms with Gasteiger partial charge in [-0.3, -0.25) is 9.59 Å². The van der Waals surface area contributed by atoms with Gasteiger partial charge in [-0.15, -0.1) is 0 Å². The second kappa shape index (κ2) is 6.55. The van der Waals surface area contributed by atoms with E-state index in [1.54, 1.807) is 37.5 Å². The molecule has 0 aromatic heterocycles. The molecule has 1 heterocycles. The molecule has 2 aromatic rings. The van der Waals surface area contributed by atoms with E-state index in [2.05, 4.69) is 19.2 Å². The molecule has 3 rings (SSSR count). The smallest absolute Gasteiger partial charge is 0.187 e. The topological polar surface area (TPSA) is 55.4 Å². The molecule has 0 saturated heterocycles. The largest absolute Gasteiger partial charge is 0.497 e. The Morgan fingerprint density at radius 1 is 1.16 bits per heavy atom. The summed E-state index contributed by atoms with van der Waals surface area (Å²) in [4.78, 5) is 23.4. The van der Waals surface area contributed by atoms with Gasteiger partial charge in [-0.25, -0.2) is 0 Å². The molecule has 0 aliphatic carbocycles. The molecule has 0 amide bonds. The fraction of sp³-hybridized carbons (Fsp3) is 0.238. The highest BCUT2D eigenvalue weighted by Crippen LogP contribution is 2.32. The molecule has 128 valence electrons. The third kappa shape index (κ3) is 3.63. The van der Waals surface area contributed by atoms with Crippen LogP contribution in [0.3, 0.4) is 0 Å². The summed E-state index contributed by atoms with van der Waals surface area (Å²) >= 11 is 0. The summed E-state index contributed by atoms with van der Waals surface area (Å²) in [5.41, 5.74) is 3.91. The van der Waals surface area contributed by atoms with Crippen molar-refractivity contribution in [1.29, 1.82) is 0 Å². The highest BCUT2D eigenvalue weighted by Gasteiger charge is 2.28. The monoisotopic (exact) mass is 335 g/mol. The number of hydrogen-bond donors (Lipinski definition) is 1. The minimum absolute atomic E-state index is 0.105. The number of hydrogen-bond acceptors (Lipinski definition) is 4. The zero-order valence-electron chi connectivity index (χ0n) is 14.6. The van der Waals surface area contributed by atoms with Crippen LogP contribution in [0.1, 0.15) is 45.7 Å². The standard InChI is InChI=1S/C21H21NO3/c1-21(2)12-16-8-9-17(25-3)10-18(16)19(22-21)11-20(24)15-6-4-14(13-23)5-7-15/h4-11,13,22H,12H2,1-3H3. The summed E-state index contributed by atoms with van der Waals surface area (Å²) in [5, 5.41) is 3.45. The first kappa shape index (κ1) is 17.0. The van der Waals surface area contributed by atoms with Crippen LogP contribution in [0.25, 0.3) is 5.70 Å². The van der Waals surface area contributed by atoms with Crippen molar-refractivity contribution in [2.24, 2.45) is 0 Å². The summed E-state index contributed by atoms with van der Waals surface area (Å²) in [5.74, 6) is 0.653. The maximum Gasteiger partial charge on any atom is 0.187 e. The number of ether oxygens (including phenoxy) is 1. The Kier molecular flexibility index (Phi) is 4.45. The SMILES string of the molecule is COc1ccc2c(c1)C(=CC(=O)c1ccc(C=O)cc1)NC(C)(C)C2. The minimum Gasteiger partial charge on any atom is -0.497 e. The van der Waals surface area contributed by atoms with Gasteiger partial charge in [-0.2, -0.15) is 0 Å². The molecule has 2 aromatic carbocycles. The Morgan fingerprint density at radius 2 is 1.88 bits per heavy atom. The van der Waals surface area contributed by atoms with Gasteiger partial charge in [-0.1, -0.05) is 30.3 Å². The Morgan fingerprint density at radius 3 is 2.52 bits per heavy atom. The van der Waals surface area contributed by atoms with Crippen LogP contribution in [0.15, 0.2) is 48.5 Å². The van der Waals surface area contributed by atoms with E-state index in [9.17, 15) is 9.59 Å². The van der Waals surface area contributed by atoms with Crippen LogP contribution in [0.4, 0.5) is 0 Å². The lowest BCUT2D eigenvalue weighted by Crippen LogP contribution is -2.43. The van der Waals surface area contributed by atoms with E-state index in [1.807, 2.05) is 18.2 Å². The summed E-state index contributed by atoms with van der Waals surface area (Å²) in [7, 11) is 1.63. The number of benzene rings is 2. The molecular formula is C21H21NO3. The van der Waals surface area contributed by atoms with E-state index in [0.29, 0.717) is 11.1 Å². The highest BCUT2D eigenvalue weighted by atomic mass is 16.5. The maximum absolute atomic E-state index is 12.7. The van der Waals surface area contributed by atoms with E-state index in [-0.39, 0.29) is 11.3 Å². The number of ketones is 1. The van der Waals surface area contributed by atoms with Crippen LogP contribution < -0.4 is 10.1 Å². The number of rotatable bonds is 4. The van der Waals surface area contributed by atoms with E-state index >= 15 is 0 Å². The molecule has 0 radical (unpaired) electrons. The molecule has 1 N–H and O–H groups in total. The van der Waals surface area contributed by atoms with E-state index in [4.69, 9.17) is 4.74 Å². The first-order valence-corrected chi connectivity index (χ1v) is 8.18. The van der Waals surface area contributed by atoms with E-state index in [0.717, 1.165) is 29.7 Å². The van der Waals surface area contributed by atoms with Crippen molar-refractivity contribution in [3.05, 3.63) is 70.8 Å². The fourth-order valence-electron chi connectivity index (χ4n) is 3.09. The Hall–Kier alpha value is -2.88. The number of fused-ring (bicyclic) bond motifs is 1. The van der Waals surface area contributed by atoms with Crippen molar-refractivity contribution in [3.8, 4) is 5.75 Å². The van der Waals surface area contributed by atoms with Crippen molar-refractivity contribution in [2.75, 3.05) is 7.11 Å². The normalized spacial score (nSPS) is 16.7. The number of carbonyl (C=O) groups excluding carboxylic acids is 2. The number of allylic oxidation sites excluding steroid dienone is 1. The van der Waals surface area contributed by atoms with Crippen LogP contribution in [0.2, 0.25) is 0 Å². The quantitative estimate of drug-likeness (QED) is 0.526. The van der Waals surface area contributed by atoms with Crippen molar-refractivity contribution in [3.63, 3.8) is 0 Å². The molecular weight excluding hydrogens is 314 g/mol. The van der Waals surface area contributed by atoms with Crippen LogP contribution in [0, 0.1) is 0 Å². The molecule has 1 aliphatic rings. The number of carbonyl (C=O) groups is 2. The zero-order chi connectivity index (χ0) is 18.0. The molecule has 0 bridgehead atoms. The van der Waals surface area contributed by atoms with Crippen LogP contribution in [0.5, 0.6) is 5.75 Å². The Balaban J connectivity index is 2.01. The van der Waals surface area contributed by atoms with Crippen molar-refractivity contribution >= 4 is 17.8 Å². The van der Waals surface area contributed by atoms with Crippen LogP contribution in [-0.2, 0) is 6.42 Å². The first-order valence-electron chi connectivity index (χ1n) is 8.18. The average molecular weight is 335 g/mol. The number of nitrogens with one attached hydrogen (secondary N) is 1. The molecule has 0 fully saturated rings. The summed E-state index contributed by atoms with van der Waals surface area (Å²) in [6.45, 7) is 4.22. The third-order valence-electron chi connectivity index (χ3n) is 4.32. The molecule has 1 aliphatic heterocycles. The molecule has 25 heavy (non-hydrogen) atoms. The van der Waals surface area contributed by atoms with Crippen LogP contribution >= 0.6 is 0 Å². The van der Waals surface area contributed by atoms with Crippen molar-refractivity contribution in [2.45, 2.75) is 25.8 Å². The number of aldehydes is 1. The van der Waals surface area contributed by atoms with E-state index in [1.165, 1.54) is 5.56 Å². The van der Waals surface area contributed by atoms with Gasteiger partial charge >= 0.3 is 0 Å². The van der Waals surface area contributed by atoms with Gasteiger partial charge in [0.2, 0.25) is 0 Å². The molecule has 4 nitrogen and oxygen atoms in total. The lowest BCUT2D eigenvalue weighted by atomic mass is 9.85. The predicted molar refractivity (Wildman–Crippen MR) is 98.0 cm³/mol. The minimum atomic E-state index is -0.144. The summed E-state index contributed by atoms with van der Waals surface area (Å²) in [6, 6.07) is 12.6. The Labute approximate surface area is 147 Å². The van der Waals surface area contributed by atoms with E-state index < -0.39 is 0 Å². The second-order valence-electron chi connectivity index (χ2n) is 6.87. The van der Waals surface area contributed by atoms with Gasteiger partial charge in [0.05, 0.1) is 7.11 Å². The molecule has 4 heteroatoms. The molecule has 0 saturated carbocycles. The zero-order valence-corrected chi connectivity index (χ0v) is 14.6. The van der Waals surface area contributed by atoms with Gasteiger partial charge in [0.15, 0.2) is 5.78 Å². The summed E-state index contributed by atoms with van der Waals surface area (Å²) < 4.78 is 5.32. The van der Waals surface area contributed by atoms with Crippen LogP contribution in [-0.4, -0.2) is 24.7 Å². The third-order valence-corrected chi connectivity index (χ3v) is 4.32. The van der Waals surface area contributed by atoms with Gasteiger partial charge in [0, 0.05) is 34.0 Å². The number of methoxy groups -OCH3 is 1. The maximum atomic E-state index is 12.7. The highest BCUT2D eigenvalue weighted by molar-refractivity contribution is 6.08. The lowest BCUT2D eigenvalue weighted by molar-refractivity contribution is 0.104. The van der Waals surface area contributed by atoms with Gasteiger partial charge in [-0.05, 0) is 38.0 Å². The predicted octanol–water partition coefficient (Wildman–Crippen LogP) is 3.66. The molecule has 0 spiro atoms. The molecule has 0 atom stereocenters. The summed E-state index contributed by atoms with van der Waals surface area (Å²) in [6.07, 6.45) is 3.25. The van der Waals surface area contributed by atoms with Gasteiger partial charge < -0.3 is 10.1 Å². The molecule has 0 unspecified atom stereocenters. The van der Waals surface area contributed by atoms with Gasteiger partial charge in [0.25, 0.3) is 0 Å².